The standard InChI is InChI=1S/C15H14F2N2O/c1-15(2)6-13-10(14(20)7-15)8-18-19(13)12-4-3-9(16)5-11(12)17/h3-5,8H,6-7H2,1-2H3. The fraction of sp³-hybridized carbons (Fsp3) is 0.333. The molecule has 0 aliphatic heterocycles. The minimum atomic E-state index is -0.688. The van der Waals surface area contributed by atoms with Crippen molar-refractivity contribution in [1.82, 2.24) is 9.78 Å². The van der Waals surface area contributed by atoms with Crippen LogP contribution in [0.5, 0.6) is 0 Å². The number of hydrogen-bond acceptors (Lipinski definition) is 2. The Labute approximate surface area is 115 Å². The molecule has 20 heavy (non-hydrogen) atoms. The molecule has 0 bridgehead atoms. The summed E-state index contributed by atoms with van der Waals surface area (Å²) in [5, 5.41) is 4.11. The van der Waals surface area contributed by atoms with Gasteiger partial charge in [0, 0.05) is 12.5 Å². The second kappa shape index (κ2) is 4.23. The maximum atomic E-state index is 13.9. The van der Waals surface area contributed by atoms with E-state index in [1.807, 2.05) is 13.8 Å². The minimum Gasteiger partial charge on any atom is -0.294 e. The number of fused-ring (bicyclic) bond motifs is 1. The van der Waals surface area contributed by atoms with Crippen LogP contribution in [0.4, 0.5) is 8.78 Å². The predicted octanol–water partition coefficient (Wildman–Crippen LogP) is 3.31. The molecule has 5 heteroatoms. The lowest BCUT2D eigenvalue weighted by molar-refractivity contribution is 0.0911. The van der Waals surface area contributed by atoms with Crippen molar-refractivity contribution in [3.8, 4) is 5.69 Å². The molecule has 0 fully saturated rings. The van der Waals surface area contributed by atoms with Crippen LogP contribution < -0.4 is 0 Å². The third-order valence-electron chi connectivity index (χ3n) is 3.59. The van der Waals surface area contributed by atoms with Crippen molar-refractivity contribution in [3.05, 3.63) is 47.3 Å². The fourth-order valence-corrected chi connectivity index (χ4v) is 2.68. The van der Waals surface area contributed by atoms with Crippen LogP contribution in [-0.4, -0.2) is 15.6 Å². The number of halogens is 2. The molecule has 2 aromatic rings. The molecule has 0 unspecified atom stereocenters. The highest BCUT2D eigenvalue weighted by Gasteiger charge is 2.34. The zero-order chi connectivity index (χ0) is 14.5. The van der Waals surface area contributed by atoms with E-state index in [0.717, 1.165) is 6.07 Å². The number of aromatic nitrogens is 2. The Morgan fingerprint density at radius 2 is 2.00 bits per heavy atom. The van der Waals surface area contributed by atoms with Gasteiger partial charge in [-0.3, -0.25) is 4.79 Å². The van der Waals surface area contributed by atoms with Crippen LogP contribution >= 0.6 is 0 Å². The molecule has 1 aromatic heterocycles. The molecule has 0 atom stereocenters. The molecular weight excluding hydrogens is 262 g/mol. The topological polar surface area (TPSA) is 34.9 Å². The van der Waals surface area contributed by atoms with Crippen LogP contribution in [0.3, 0.4) is 0 Å². The second-order valence-corrected chi connectivity index (χ2v) is 5.95. The van der Waals surface area contributed by atoms with Gasteiger partial charge in [-0.25, -0.2) is 13.5 Å². The number of rotatable bonds is 1. The molecular formula is C15H14F2N2O. The Bertz CT molecular complexity index is 704. The average Bonchev–Trinajstić information content (AvgIpc) is 2.71. The highest BCUT2D eigenvalue weighted by atomic mass is 19.1. The number of hydrogen-bond donors (Lipinski definition) is 0. The van der Waals surface area contributed by atoms with Gasteiger partial charge in [-0.2, -0.15) is 5.10 Å². The molecule has 1 aromatic carbocycles. The summed E-state index contributed by atoms with van der Waals surface area (Å²) in [6.07, 6.45) is 2.55. The van der Waals surface area contributed by atoms with E-state index in [9.17, 15) is 13.6 Å². The minimum absolute atomic E-state index is 0.0185. The van der Waals surface area contributed by atoms with E-state index in [2.05, 4.69) is 5.10 Å². The van der Waals surface area contributed by atoms with Crippen LogP contribution in [-0.2, 0) is 6.42 Å². The van der Waals surface area contributed by atoms with Gasteiger partial charge < -0.3 is 0 Å². The van der Waals surface area contributed by atoms with Crippen molar-refractivity contribution in [2.75, 3.05) is 0 Å². The third kappa shape index (κ3) is 2.03. The van der Waals surface area contributed by atoms with E-state index in [-0.39, 0.29) is 16.9 Å². The summed E-state index contributed by atoms with van der Waals surface area (Å²) < 4.78 is 28.3. The monoisotopic (exact) mass is 276 g/mol. The van der Waals surface area contributed by atoms with Gasteiger partial charge >= 0.3 is 0 Å². The summed E-state index contributed by atoms with van der Waals surface area (Å²) in [6, 6.07) is 3.34. The second-order valence-electron chi connectivity index (χ2n) is 5.95. The Balaban J connectivity index is 2.16. The van der Waals surface area contributed by atoms with Crippen molar-refractivity contribution in [1.29, 1.82) is 0 Å². The zero-order valence-electron chi connectivity index (χ0n) is 11.3. The van der Waals surface area contributed by atoms with E-state index in [1.54, 1.807) is 0 Å². The average molecular weight is 276 g/mol. The van der Waals surface area contributed by atoms with Gasteiger partial charge in [-0.15, -0.1) is 0 Å². The van der Waals surface area contributed by atoms with E-state index in [0.29, 0.717) is 24.1 Å². The molecule has 3 rings (SSSR count). The predicted molar refractivity (Wildman–Crippen MR) is 69.9 cm³/mol. The summed E-state index contributed by atoms with van der Waals surface area (Å²) in [7, 11) is 0. The Kier molecular flexibility index (Phi) is 2.74. The van der Waals surface area contributed by atoms with Crippen LogP contribution in [0.2, 0.25) is 0 Å². The van der Waals surface area contributed by atoms with Gasteiger partial charge in [-0.05, 0) is 24.0 Å². The first-order chi connectivity index (χ1) is 9.37. The normalized spacial score (nSPS) is 17.1. The van der Waals surface area contributed by atoms with Crippen molar-refractivity contribution >= 4 is 5.78 Å². The largest absolute Gasteiger partial charge is 0.294 e. The fourth-order valence-electron chi connectivity index (χ4n) is 2.68. The van der Waals surface area contributed by atoms with Gasteiger partial charge in [0.05, 0.1) is 17.5 Å². The van der Waals surface area contributed by atoms with E-state index >= 15 is 0 Å². The van der Waals surface area contributed by atoms with E-state index < -0.39 is 11.6 Å². The molecule has 0 radical (unpaired) electrons. The molecule has 3 nitrogen and oxygen atoms in total. The number of Topliss-reactive ketones (excluding diaryl/α,β-unsaturated/α-hetero) is 1. The Morgan fingerprint density at radius 3 is 2.70 bits per heavy atom. The molecule has 1 heterocycles. The summed E-state index contributed by atoms with van der Waals surface area (Å²) in [4.78, 5) is 12.1. The SMILES string of the molecule is CC1(C)CC(=O)c2cnn(-c3ccc(F)cc3F)c2C1. The van der Waals surface area contributed by atoms with Crippen LogP contribution in [0.1, 0.15) is 36.3 Å². The summed E-state index contributed by atoms with van der Waals surface area (Å²) in [5.41, 5.74) is 1.21. The van der Waals surface area contributed by atoms with E-state index in [4.69, 9.17) is 0 Å². The number of carbonyl (C=O) groups excluding carboxylic acids is 1. The van der Waals surface area contributed by atoms with Gasteiger partial charge in [0.2, 0.25) is 0 Å². The van der Waals surface area contributed by atoms with Crippen molar-refractivity contribution in [3.63, 3.8) is 0 Å². The summed E-state index contributed by atoms with van der Waals surface area (Å²) in [5.74, 6) is -1.31. The van der Waals surface area contributed by atoms with Crippen LogP contribution in [0, 0.1) is 17.0 Å². The lowest BCUT2D eigenvalue weighted by atomic mass is 9.76. The lowest BCUT2D eigenvalue weighted by Gasteiger charge is -2.28. The van der Waals surface area contributed by atoms with Crippen molar-refractivity contribution in [2.24, 2.45) is 5.41 Å². The van der Waals surface area contributed by atoms with Gasteiger partial charge in [0.15, 0.2) is 11.6 Å². The van der Waals surface area contributed by atoms with Gasteiger partial charge in [-0.1, -0.05) is 13.8 Å². The highest BCUT2D eigenvalue weighted by Crippen LogP contribution is 2.35. The smallest absolute Gasteiger partial charge is 0.166 e. The first kappa shape index (κ1) is 13.0. The summed E-state index contributed by atoms with van der Waals surface area (Å²) in [6.45, 7) is 3.98. The first-order valence-electron chi connectivity index (χ1n) is 6.43. The molecule has 104 valence electrons. The number of nitrogens with zero attached hydrogens (tertiary/aromatic N) is 2. The van der Waals surface area contributed by atoms with Crippen LogP contribution in [0.15, 0.2) is 24.4 Å². The number of carbonyl (C=O) groups is 1. The maximum absolute atomic E-state index is 13.9. The Morgan fingerprint density at radius 1 is 1.25 bits per heavy atom. The zero-order valence-corrected chi connectivity index (χ0v) is 11.3. The number of benzene rings is 1. The Hall–Kier alpha value is -2.04. The maximum Gasteiger partial charge on any atom is 0.166 e. The molecule has 0 amide bonds. The van der Waals surface area contributed by atoms with Gasteiger partial charge in [0.25, 0.3) is 0 Å². The van der Waals surface area contributed by atoms with Crippen LogP contribution in [0.25, 0.3) is 5.69 Å². The number of ketones is 1. The molecule has 1 aliphatic carbocycles. The molecule has 0 N–H and O–H groups in total. The molecule has 0 saturated heterocycles. The first-order valence-corrected chi connectivity index (χ1v) is 6.43. The van der Waals surface area contributed by atoms with E-state index in [1.165, 1.54) is 23.0 Å². The molecule has 0 saturated carbocycles. The third-order valence-corrected chi connectivity index (χ3v) is 3.59. The molecule has 1 aliphatic rings. The molecule has 0 spiro atoms. The summed E-state index contributed by atoms with van der Waals surface area (Å²) >= 11 is 0. The van der Waals surface area contributed by atoms with Gasteiger partial charge in [0.1, 0.15) is 11.5 Å². The lowest BCUT2D eigenvalue weighted by Crippen LogP contribution is -2.28. The highest BCUT2D eigenvalue weighted by molar-refractivity contribution is 5.98. The van der Waals surface area contributed by atoms with Crippen molar-refractivity contribution in [2.45, 2.75) is 26.7 Å². The van der Waals surface area contributed by atoms with Crippen molar-refractivity contribution < 1.29 is 13.6 Å². The quantitative estimate of drug-likeness (QED) is 0.801.